The Hall–Kier alpha value is -1.76. The van der Waals surface area contributed by atoms with Gasteiger partial charge in [0.2, 0.25) is 0 Å². The van der Waals surface area contributed by atoms with Crippen molar-refractivity contribution in [1.82, 2.24) is 0 Å². The molecule has 1 saturated carbocycles. The second-order valence-corrected chi connectivity index (χ2v) is 5.12. The number of benzene rings is 1. The number of halogens is 3. The van der Waals surface area contributed by atoms with Gasteiger partial charge in [-0.1, -0.05) is 12.1 Å². The monoisotopic (exact) mass is 303 g/mol. The molecule has 2 N–H and O–H groups in total. The third kappa shape index (κ3) is 3.29. The highest BCUT2D eigenvalue weighted by atomic mass is 19.4. The maximum absolute atomic E-state index is 12.9. The molecule has 0 saturated heterocycles. The number of esters is 1. The Kier molecular flexibility index (Phi) is 4.13. The number of alkyl halides is 3. The van der Waals surface area contributed by atoms with Crippen molar-refractivity contribution in [3.63, 3.8) is 0 Å². The van der Waals surface area contributed by atoms with Crippen molar-refractivity contribution < 1.29 is 27.4 Å². The number of ether oxygens (including phenoxy) is 2. The van der Waals surface area contributed by atoms with E-state index >= 15 is 0 Å². The molecule has 1 fully saturated rings. The number of carbonyl (C=O) groups excluding carboxylic acids is 1. The summed E-state index contributed by atoms with van der Waals surface area (Å²) in [6, 6.07) is 4.99. The number of carbonyl (C=O) groups is 1. The van der Waals surface area contributed by atoms with Crippen LogP contribution in [0.4, 0.5) is 13.2 Å². The molecule has 2 atom stereocenters. The molecular weight excluding hydrogens is 287 g/mol. The van der Waals surface area contributed by atoms with Crippen molar-refractivity contribution in [2.75, 3.05) is 7.11 Å². The minimum atomic E-state index is -4.49. The van der Waals surface area contributed by atoms with E-state index in [1.165, 1.54) is 25.3 Å². The highest BCUT2D eigenvalue weighted by molar-refractivity contribution is 5.80. The molecule has 0 bridgehead atoms. The zero-order chi connectivity index (χ0) is 15.7. The molecule has 116 valence electrons. The summed E-state index contributed by atoms with van der Waals surface area (Å²) in [5.41, 5.74) is 3.88. The van der Waals surface area contributed by atoms with Gasteiger partial charge in [0.1, 0.15) is 17.4 Å². The van der Waals surface area contributed by atoms with Crippen molar-refractivity contribution in [3.05, 3.63) is 29.8 Å². The van der Waals surface area contributed by atoms with Gasteiger partial charge in [0, 0.05) is 6.42 Å². The van der Waals surface area contributed by atoms with Crippen LogP contribution in [0.25, 0.3) is 0 Å². The summed E-state index contributed by atoms with van der Waals surface area (Å²) in [5, 5.41) is 0. The minimum absolute atomic E-state index is 0.131. The Bertz CT molecular complexity index is 532. The number of hydrogen-bond acceptors (Lipinski definition) is 4. The quantitative estimate of drug-likeness (QED) is 0.872. The lowest BCUT2D eigenvalue weighted by Crippen LogP contribution is -2.47. The summed E-state index contributed by atoms with van der Waals surface area (Å²) in [6.45, 7) is 0. The van der Waals surface area contributed by atoms with Crippen LogP contribution in [-0.2, 0) is 15.7 Å². The summed E-state index contributed by atoms with van der Waals surface area (Å²) in [6.07, 6.45) is -4.18. The smallest absolute Gasteiger partial charge is 0.419 e. The molecule has 0 heterocycles. The molecule has 0 spiro atoms. The van der Waals surface area contributed by atoms with Crippen LogP contribution in [0.1, 0.15) is 24.8 Å². The predicted molar refractivity (Wildman–Crippen MR) is 68.6 cm³/mol. The summed E-state index contributed by atoms with van der Waals surface area (Å²) < 4.78 is 48.7. The largest absolute Gasteiger partial charge is 0.490 e. The molecule has 0 radical (unpaired) electrons. The zero-order valence-electron chi connectivity index (χ0n) is 11.4. The van der Waals surface area contributed by atoms with Crippen LogP contribution in [0, 0.1) is 0 Å². The van der Waals surface area contributed by atoms with E-state index in [-0.39, 0.29) is 12.2 Å². The molecule has 0 aromatic heterocycles. The first-order chi connectivity index (χ1) is 9.76. The average molecular weight is 303 g/mol. The first kappa shape index (κ1) is 15.6. The van der Waals surface area contributed by atoms with Crippen molar-refractivity contribution in [1.29, 1.82) is 0 Å². The van der Waals surface area contributed by atoms with Crippen LogP contribution in [-0.4, -0.2) is 24.7 Å². The van der Waals surface area contributed by atoms with Crippen molar-refractivity contribution >= 4 is 5.97 Å². The van der Waals surface area contributed by atoms with E-state index in [1.807, 2.05) is 0 Å². The molecule has 0 amide bonds. The van der Waals surface area contributed by atoms with Crippen LogP contribution in [0.15, 0.2) is 24.3 Å². The van der Waals surface area contributed by atoms with Crippen LogP contribution in [0.2, 0.25) is 0 Å². The van der Waals surface area contributed by atoms with E-state index in [1.54, 1.807) is 0 Å². The topological polar surface area (TPSA) is 61.5 Å². The minimum Gasteiger partial charge on any atom is -0.490 e. The van der Waals surface area contributed by atoms with E-state index < -0.39 is 29.4 Å². The van der Waals surface area contributed by atoms with Crippen LogP contribution in [0.5, 0.6) is 5.75 Å². The molecule has 2 unspecified atom stereocenters. The Morgan fingerprint density at radius 1 is 1.38 bits per heavy atom. The summed E-state index contributed by atoms with van der Waals surface area (Å²) in [4.78, 5) is 11.6. The fourth-order valence-electron chi connectivity index (χ4n) is 2.50. The number of methoxy groups -OCH3 is 1. The Labute approximate surface area is 120 Å². The van der Waals surface area contributed by atoms with Gasteiger partial charge in [-0.15, -0.1) is 0 Å². The highest BCUT2D eigenvalue weighted by Crippen LogP contribution is 2.38. The molecule has 1 aromatic carbocycles. The number of nitrogens with two attached hydrogens (primary N) is 1. The van der Waals surface area contributed by atoms with Gasteiger partial charge in [0.25, 0.3) is 0 Å². The first-order valence-corrected chi connectivity index (χ1v) is 6.46. The van der Waals surface area contributed by atoms with Crippen LogP contribution in [0.3, 0.4) is 0 Å². The van der Waals surface area contributed by atoms with Gasteiger partial charge < -0.3 is 15.2 Å². The van der Waals surface area contributed by atoms with Crippen LogP contribution >= 0.6 is 0 Å². The van der Waals surface area contributed by atoms with Gasteiger partial charge in [-0.2, -0.15) is 13.2 Å². The van der Waals surface area contributed by atoms with E-state index in [0.717, 1.165) is 6.07 Å². The predicted octanol–water partition coefficient (Wildman–Crippen LogP) is 2.51. The van der Waals surface area contributed by atoms with Gasteiger partial charge in [0.15, 0.2) is 0 Å². The normalized spacial score (nSPS) is 25.7. The maximum atomic E-state index is 12.9. The standard InChI is InChI=1S/C14H16F3NO3/c1-20-12(19)13(18)7-6-9(8-13)21-11-5-3-2-4-10(11)14(15,16)17/h2-5,9H,6-8,18H2,1H3. The number of rotatable bonds is 3. The lowest BCUT2D eigenvalue weighted by molar-refractivity contribution is -0.147. The SMILES string of the molecule is COC(=O)C1(N)CCC(Oc2ccccc2C(F)(F)F)C1. The molecular formula is C14H16F3NO3. The first-order valence-electron chi connectivity index (χ1n) is 6.46. The molecule has 1 aliphatic carbocycles. The van der Waals surface area contributed by atoms with Gasteiger partial charge in [-0.25, -0.2) is 0 Å². The summed E-state index contributed by atoms with van der Waals surface area (Å²) in [5.74, 6) is -0.818. The average Bonchev–Trinajstić information content (AvgIpc) is 2.80. The molecule has 0 aliphatic heterocycles. The van der Waals surface area contributed by atoms with E-state index in [9.17, 15) is 18.0 Å². The molecule has 1 aliphatic rings. The fraction of sp³-hybridized carbons (Fsp3) is 0.500. The van der Waals surface area contributed by atoms with Gasteiger partial charge in [-0.05, 0) is 25.0 Å². The van der Waals surface area contributed by atoms with Crippen molar-refractivity contribution in [2.45, 2.75) is 37.1 Å². The van der Waals surface area contributed by atoms with Gasteiger partial charge in [-0.3, -0.25) is 4.79 Å². The van der Waals surface area contributed by atoms with E-state index in [0.29, 0.717) is 12.8 Å². The van der Waals surface area contributed by atoms with E-state index in [4.69, 9.17) is 10.5 Å². The van der Waals surface area contributed by atoms with Gasteiger partial charge in [0.05, 0.1) is 12.7 Å². The third-order valence-electron chi connectivity index (χ3n) is 3.58. The van der Waals surface area contributed by atoms with Crippen molar-refractivity contribution in [2.24, 2.45) is 5.73 Å². The molecule has 2 rings (SSSR count). The lowest BCUT2D eigenvalue weighted by atomic mass is 10.00. The van der Waals surface area contributed by atoms with Crippen LogP contribution < -0.4 is 10.5 Å². The third-order valence-corrected chi connectivity index (χ3v) is 3.58. The molecule has 7 heteroatoms. The summed E-state index contributed by atoms with van der Waals surface area (Å²) >= 11 is 0. The second-order valence-electron chi connectivity index (χ2n) is 5.12. The lowest BCUT2D eigenvalue weighted by Gasteiger charge is -2.21. The maximum Gasteiger partial charge on any atom is 0.419 e. The van der Waals surface area contributed by atoms with E-state index in [2.05, 4.69) is 4.74 Å². The van der Waals surface area contributed by atoms with Gasteiger partial charge >= 0.3 is 12.1 Å². The summed E-state index contributed by atoms with van der Waals surface area (Å²) in [7, 11) is 1.23. The zero-order valence-corrected chi connectivity index (χ0v) is 11.4. The Morgan fingerprint density at radius 3 is 2.67 bits per heavy atom. The Morgan fingerprint density at radius 2 is 2.05 bits per heavy atom. The number of para-hydroxylation sites is 1. The Balaban J connectivity index is 2.13. The molecule has 21 heavy (non-hydrogen) atoms. The number of hydrogen-bond donors (Lipinski definition) is 1. The van der Waals surface area contributed by atoms with Crippen molar-refractivity contribution in [3.8, 4) is 5.75 Å². The fourth-order valence-corrected chi connectivity index (χ4v) is 2.50. The molecule has 1 aromatic rings. The second kappa shape index (κ2) is 5.55. The molecule has 4 nitrogen and oxygen atoms in total. The highest BCUT2D eigenvalue weighted by Gasteiger charge is 2.44.